The van der Waals surface area contributed by atoms with Crippen molar-refractivity contribution in [2.75, 3.05) is 35.9 Å². The van der Waals surface area contributed by atoms with Crippen molar-refractivity contribution in [3.8, 4) is 5.75 Å². The molecule has 1 aromatic carbocycles. The van der Waals surface area contributed by atoms with Crippen molar-refractivity contribution in [2.45, 2.75) is 58.0 Å². The maximum absolute atomic E-state index is 13.2. The number of carbonyl (C=O) groups excluding carboxylic acids is 2. The molecule has 2 aromatic rings. The molecule has 4 rings (SSSR count). The number of nitrogens with one attached hydrogen (secondary N) is 1. The van der Waals surface area contributed by atoms with Gasteiger partial charge in [0.15, 0.2) is 5.82 Å². The molecule has 0 saturated heterocycles. The molecular formula is C24H31N5O4. The van der Waals surface area contributed by atoms with Gasteiger partial charge in [0.05, 0.1) is 31.7 Å². The summed E-state index contributed by atoms with van der Waals surface area (Å²) in [7, 11) is 2.87. The molecule has 1 amide bonds. The first-order chi connectivity index (χ1) is 16.0. The molecule has 1 aromatic heterocycles. The molecule has 1 N–H and O–H groups in total. The monoisotopic (exact) mass is 453 g/mol. The van der Waals surface area contributed by atoms with Crippen LogP contribution in [0, 0.1) is 0 Å². The Labute approximate surface area is 194 Å². The topological polar surface area (TPSA) is 96.9 Å². The van der Waals surface area contributed by atoms with Crippen molar-refractivity contribution in [3.05, 3.63) is 30.0 Å². The van der Waals surface area contributed by atoms with Crippen molar-refractivity contribution in [1.29, 1.82) is 0 Å². The SMILES string of the molecule is CCC1C(=O)N(CC)c2cnc(Nc3ccc(C(=O)OC)cc3OC)nc2N1C1CCCC1. The van der Waals surface area contributed by atoms with Gasteiger partial charge in [-0.2, -0.15) is 4.98 Å². The molecule has 33 heavy (non-hydrogen) atoms. The summed E-state index contributed by atoms with van der Waals surface area (Å²) in [6.45, 7) is 4.59. The number of hydrogen-bond acceptors (Lipinski definition) is 8. The van der Waals surface area contributed by atoms with E-state index >= 15 is 0 Å². The molecule has 1 aliphatic heterocycles. The number of methoxy groups -OCH3 is 2. The van der Waals surface area contributed by atoms with Crippen LogP contribution in [0.25, 0.3) is 0 Å². The Hall–Kier alpha value is -3.36. The Morgan fingerprint density at radius 3 is 2.61 bits per heavy atom. The summed E-state index contributed by atoms with van der Waals surface area (Å²) < 4.78 is 10.3. The van der Waals surface area contributed by atoms with Crippen molar-refractivity contribution in [2.24, 2.45) is 0 Å². The highest BCUT2D eigenvalue weighted by Gasteiger charge is 2.42. The molecule has 1 unspecified atom stereocenters. The van der Waals surface area contributed by atoms with Crippen LogP contribution in [-0.4, -0.2) is 54.7 Å². The number of likely N-dealkylation sites (N-methyl/N-ethyl adjacent to an activating group) is 1. The van der Waals surface area contributed by atoms with E-state index in [0.29, 0.717) is 35.5 Å². The molecule has 2 heterocycles. The minimum Gasteiger partial charge on any atom is -0.495 e. The van der Waals surface area contributed by atoms with Gasteiger partial charge in [0.2, 0.25) is 11.9 Å². The van der Waals surface area contributed by atoms with Crippen LogP contribution in [-0.2, 0) is 9.53 Å². The summed E-state index contributed by atoms with van der Waals surface area (Å²) in [5.74, 6) is 1.35. The Morgan fingerprint density at radius 2 is 1.97 bits per heavy atom. The van der Waals surface area contributed by atoms with Crippen molar-refractivity contribution < 1.29 is 19.1 Å². The normalized spacial score (nSPS) is 18.3. The number of rotatable bonds is 7. The third kappa shape index (κ3) is 4.19. The predicted octanol–water partition coefficient (Wildman–Crippen LogP) is 3.91. The first-order valence-electron chi connectivity index (χ1n) is 11.5. The third-order valence-corrected chi connectivity index (χ3v) is 6.46. The summed E-state index contributed by atoms with van der Waals surface area (Å²) in [5, 5.41) is 3.22. The highest BCUT2D eigenvalue weighted by molar-refractivity contribution is 6.04. The quantitative estimate of drug-likeness (QED) is 0.631. The highest BCUT2D eigenvalue weighted by Crippen LogP contribution is 2.40. The second-order valence-electron chi connectivity index (χ2n) is 8.29. The molecule has 1 aliphatic carbocycles. The fourth-order valence-electron chi connectivity index (χ4n) is 4.84. The third-order valence-electron chi connectivity index (χ3n) is 6.46. The summed E-state index contributed by atoms with van der Waals surface area (Å²) >= 11 is 0. The van der Waals surface area contributed by atoms with Crippen LogP contribution in [0.3, 0.4) is 0 Å². The number of esters is 1. The molecule has 176 valence electrons. The smallest absolute Gasteiger partial charge is 0.337 e. The molecular weight excluding hydrogens is 422 g/mol. The average molecular weight is 454 g/mol. The minimum atomic E-state index is -0.438. The molecule has 2 aliphatic rings. The van der Waals surface area contributed by atoms with E-state index in [9.17, 15) is 9.59 Å². The fourth-order valence-corrected chi connectivity index (χ4v) is 4.84. The molecule has 0 radical (unpaired) electrons. The van der Waals surface area contributed by atoms with Gasteiger partial charge in [-0.3, -0.25) is 4.79 Å². The Balaban J connectivity index is 1.72. The first-order valence-corrected chi connectivity index (χ1v) is 11.5. The van der Waals surface area contributed by atoms with Crippen LogP contribution in [0.2, 0.25) is 0 Å². The molecule has 1 saturated carbocycles. The van der Waals surface area contributed by atoms with Crippen LogP contribution in [0.5, 0.6) is 5.75 Å². The average Bonchev–Trinajstić information content (AvgIpc) is 3.37. The van der Waals surface area contributed by atoms with E-state index in [-0.39, 0.29) is 11.9 Å². The van der Waals surface area contributed by atoms with Crippen molar-refractivity contribution in [1.82, 2.24) is 9.97 Å². The lowest BCUT2D eigenvalue weighted by Crippen LogP contribution is -2.56. The molecule has 0 spiro atoms. The van der Waals surface area contributed by atoms with E-state index in [1.165, 1.54) is 27.1 Å². The zero-order chi connectivity index (χ0) is 23.5. The van der Waals surface area contributed by atoms with Gasteiger partial charge in [0, 0.05) is 12.6 Å². The lowest BCUT2D eigenvalue weighted by Gasteiger charge is -2.44. The van der Waals surface area contributed by atoms with E-state index < -0.39 is 5.97 Å². The molecule has 1 atom stereocenters. The Kier molecular flexibility index (Phi) is 6.67. The minimum absolute atomic E-state index is 0.115. The van der Waals surface area contributed by atoms with Gasteiger partial charge < -0.3 is 24.6 Å². The van der Waals surface area contributed by atoms with Gasteiger partial charge >= 0.3 is 5.97 Å². The fraction of sp³-hybridized carbons (Fsp3) is 0.500. The number of amides is 1. The van der Waals surface area contributed by atoms with E-state index in [4.69, 9.17) is 14.5 Å². The standard InChI is InChI=1S/C24H31N5O4/c1-5-18-22(30)28(6-2)19-14-25-24(27-21(19)29(18)16-9-7-8-10-16)26-17-12-11-15(23(31)33-4)13-20(17)32-3/h11-14,16,18H,5-10H2,1-4H3,(H,25,26,27). The highest BCUT2D eigenvalue weighted by atomic mass is 16.5. The first kappa shape index (κ1) is 22.8. The van der Waals surface area contributed by atoms with Crippen LogP contribution >= 0.6 is 0 Å². The molecule has 0 bridgehead atoms. The second-order valence-corrected chi connectivity index (χ2v) is 8.29. The van der Waals surface area contributed by atoms with E-state index in [1.807, 2.05) is 6.92 Å². The van der Waals surface area contributed by atoms with Gasteiger partial charge in [-0.1, -0.05) is 19.8 Å². The summed E-state index contributed by atoms with van der Waals surface area (Å²) in [6, 6.07) is 5.08. The number of fused-ring (bicyclic) bond motifs is 1. The largest absolute Gasteiger partial charge is 0.495 e. The Bertz CT molecular complexity index is 1040. The number of benzene rings is 1. The van der Waals surface area contributed by atoms with Gasteiger partial charge in [0.25, 0.3) is 0 Å². The second kappa shape index (κ2) is 9.64. The van der Waals surface area contributed by atoms with Gasteiger partial charge in [-0.25, -0.2) is 9.78 Å². The van der Waals surface area contributed by atoms with Gasteiger partial charge in [-0.15, -0.1) is 0 Å². The lowest BCUT2D eigenvalue weighted by atomic mass is 10.0. The zero-order valence-electron chi connectivity index (χ0n) is 19.6. The van der Waals surface area contributed by atoms with Gasteiger partial charge in [0.1, 0.15) is 17.5 Å². The summed E-state index contributed by atoms with van der Waals surface area (Å²) in [6.07, 6.45) is 6.89. The van der Waals surface area contributed by atoms with Crippen LogP contribution in [0.1, 0.15) is 56.3 Å². The van der Waals surface area contributed by atoms with E-state index in [2.05, 4.69) is 22.1 Å². The molecule has 9 nitrogen and oxygen atoms in total. The maximum atomic E-state index is 13.2. The maximum Gasteiger partial charge on any atom is 0.337 e. The van der Waals surface area contributed by atoms with Crippen molar-refractivity contribution >= 4 is 35.0 Å². The summed E-state index contributed by atoms with van der Waals surface area (Å²) in [4.78, 5) is 38.5. The number of aromatic nitrogens is 2. The number of ether oxygens (including phenoxy) is 2. The summed E-state index contributed by atoms with van der Waals surface area (Å²) in [5.41, 5.74) is 1.77. The van der Waals surface area contributed by atoms with E-state index in [1.54, 1.807) is 29.3 Å². The number of hydrogen-bond donors (Lipinski definition) is 1. The lowest BCUT2D eigenvalue weighted by molar-refractivity contribution is -0.120. The molecule has 1 fully saturated rings. The Morgan fingerprint density at radius 1 is 1.21 bits per heavy atom. The number of anilines is 4. The number of carbonyl (C=O) groups is 2. The van der Waals surface area contributed by atoms with Crippen LogP contribution < -0.4 is 19.9 Å². The predicted molar refractivity (Wildman–Crippen MR) is 126 cm³/mol. The van der Waals surface area contributed by atoms with Crippen LogP contribution in [0.4, 0.5) is 23.1 Å². The molecule has 9 heteroatoms. The van der Waals surface area contributed by atoms with Crippen LogP contribution in [0.15, 0.2) is 24.4 Å². The number of nitrogens with zero attached hydrogens (tertiary/aromatic N) is 4. The van der Waals surface area contributed by atoms with Crippen molar-refractivity contribution in [3.63, 3.8) is 0 Å². The van der Waals surface area contributed by atoms with E-state index in [0.717, 1.165) is 30.8 Å². The zero-order valence-corrected chi connectivity index (χ0v) is 19.6. The van der Waals surface area contributed by atoms with Gasteiger partial charge in [-0.05, 0) is 44.4 Å².